The maximum atomic E-state index is 11.8. The van der Waals surface area contributed by atoms with Gasteiger partial charge in [-0.2, -0.15) is 0 Å². The van der Waals surface area contributed by atoms with E-state index in [1.54, 1.807) is 42.5 Å². The monoisotopic (exact) mass is 346 g/mol. The number of hydrogen-bond donors (Lipinski definition) is 1. The summed E-state index contributed by atoms with van der Waals surface area (Å²) in [5.41, 5.74) is 1.43. The van der Waals surface area contributed by atoms with Crippen molar-refractivity contribution in [1.29, 1.82) is 0 Å². The van der Waals surface area contributed by atoms with Crippen LogP contribution in [0, 0.1) is 0 Å². The fourth-order valence-electron chi connectivity index (χ4n) is 2.06. The highest BCUT2D eigenvalue weighted by atomic mass is 35.5. The van der Waals surface area contributed by atoms with Crippen LogP contribution >= 0.6 is 11.6 Å². The molecule has 2 aromatic rings. The first kappa shape index (κ1) is 16.1. The van der Waals surface area contributed by atoms with Crippen molar-refractivity contribution in [3.63, 3.8) is 0 Å². The number of benzene rings is 2. The van der Waals surface area contributed by atoms with E-state index in [9.17, 15) is 4.79 Å². The third-order valence-electron chi connectivity index (χ3n) is 3.17. The molecule has 0 saturated heterocycles. The van der Waals surface area contributed by atoms with E-state index in [0.717, 1.165) is 5.56 Å². The van der Waals surface area contributed by atoms with Gasteiger partial charge in [0.25, 0.3) is 5.91 Å². The summed E-state index contributed by atoms with van der Waals surface area (Å²) >= 11 is 5.79. The van der Waals surface area contributed by atoms with E-state index in [1.807, 2.05) is 0 Å². The van der Waals surface area contributed by atoms with Crippen molar-refractivity contribution < 1.29 is 19.1 Å². The minimum atomic E-state index is -0.320. The van der Waals surface area contributed by atoms with Gasteiger partial charge < -0.3 is 19.6 Å². The molecule has 1 aliphatic rings. The zero-order chi connectivity index (χ0) is 16.8. The lowest BCUT2D eigenvalue weighted by molar-refractivity contribution is -0.120. The fourth-order valence-corrected chi connectivity index (χ4v) is 2.19. The first-order chi connectivity index (χ1) is 11.7. The Labute approximate surface area is 144 Å². The molecule has 3 rings (SSSR count). The molecule has 0 atom stereocenters. The minimum Gasteiger partial charge on any atom is -0.486 e. The average molecular weight is 347 g/mol. The Morgan fingerprint density at radius 3 is 2.71 bits per heavy atom. The van der Waals surface area contributed by atoms with Gasteiger partial charge in [0.05, 0.1) is 6.21 Å². The van der Waals surface area contributed by atoms with Crippen molar-refractivity contribution in [2.45, 2.75) is 0 Å². The van der Waals surface area contributed by atoms with E-state index in [-0.39, 0.29) is 12.5 Å². The van der Waals surface area contributed by atoms with E-state index in [4.69, 9.17) is 25.9 Å². The van der Waals surface area contributed by atoms with E-state index in [2.05, 4.69) is 10.5 Å². The maximum Gasteiger partial charge on any atom is 0.265 e. The predicted octanol–water partition coefficient (Wildman–Crippen LogP) is 3.10. The molecule has 2 aromatic carbocycles. The topological polar surface area (TPSA) is 69.2 Å². The van der Waals surface area contributed by atoms with Crippen LogP contribution in [0.15, 0.2) is 47.6 Å². The van der Waals surface area contributed by atoms with Crippen LogP contribution in [0.25, 0.3) is 0 Å². The minimum absolute atomic E-state index is 0.196. The summed E-state index contributed by atoms with van der Waals surface area (Å²) in [4.78, 5) is 16.8. The summed E-state index contributed by atoms with van der Waals surface area (Å²) in [6.45, 7) is 0.823. The lowest BCUT2D eigenvalue weighted by Crippen LogP contribution is -2.18. The highest BCUT2D eigenvalue weighted by Gasteiger charge is 2.12. The molecular formula is C17H15ClN2O4. The van der Waals surface area contributed by atoms with Gasteiger partial charge in [-0.1, -0.05) is 28.9 Å². The molecule has 0 saturated carbocycles. The second-order valence-electron chi connectivity index (χ2n) is 4.97. The zero-order valence-electron chi connectivity index (χ0n) is 12.7. The largest absolute Gasteiger partial charge is 0.486 e. The summed E-state index contributed by atoms with van der Waals surface area (Å²) < 4.78 is 10.9. The van der Waals surface area contributed by atoms with Gasteiger partial charge in [0.2, 0.25) is 0 Å². The summed E-state index contributed by atoms with van der Waals surface area (Å²) in [5, 5.41) is 7.10. The Kier molecular flexibility index (Phi) is 5.18. The maximum absolute atomic E-state index is 11.8. The highest BCUT2D eigenvalue weighted by Crippen LogP contribution is 2.32. The van der Waals surface area contributed by atoms with Gasteiger partial charge in [0, 0.05) is 16.8 Å². The number of ether oxygens (including phenoxy) is 2. The van der Waals surface area contributed by atoms with Gasteiger partial charge in [-0.05, 0) is 29.8 Å². The molecule has 6 nitrogen and oxygen atoms in total. The van der Waals surface area contributed by atoms with Gasteiger partial charge in [-0.3, -0.25) is 4.79 Å². The van der Waals surface area contributed by atoms with Crippen LogP contribution in [0.3, 0.4) is 0 Å². The van der Waals surface area contributed by atoms with Crippen LogP contribution in [0.4, 0.5) is 5.69 Å². The Hall–Kier alpha value is -2.73. The van der Waals surface area contributed by atoms with Crippen molar-refractivity contribution in [2.75, 3.05) is 25.1 Å². The number of oxime groups is 1. The third-order valence-corrected chi connectivity index (χ3v) is 3.42. The molecule has 0 unspecified atom stereocenters. The Bertz CT molecular complexity index is 747. The van der Waals surface area contributed by atoms with E-state index < -0.39 is 0 Å². The lowest BCUT2D eigenvalue weighted by Gasteiger charge is -2.18. The van der Waals surface area contributed by atoms with E-state index >= 15 is 0 Å². The van der Waals surface area contributed by atoms with Gasteiger partial charge in [0.1, 0.15) is 13.2 Å². The molecule has 0 spiro atoms. The summed E-state index contributed by atoms with van der Waals surface area (Å²) in [6.07, 6.45) is 1.51. The van der Waals surface area contributed by atoms with Gasteiger partial charge in [-0.25, -0.2) is 0 Å². The SMILES string of the molecule is O=C(CO/N=C\c1ccc(Cl)cc1)Nc1ccc2c(c1)OCCO2. The number of carbonyl (C=O) groups excluding carboxylic acids is 1. The number of amides is 1. The quantitative estimate of drug-likeness (QED) is 0.667. The van der Waals surface area contributed by atoms with Crippen molar-refractivity contribution in [3.8, 4) is 11.5 Å². The van der Waals surface area contributed by atoms with Crippen LogP contribution < -0.4 is 14.8 Å². The number of anilines is 1. The first-order valence-corrected chi connectivity index (χ1v) is 7.69. The van der Waals surface area contributed by atoms with Crippen LogP contribution in [0.5, 0.6) is 11.5 Å². The predicted molar refractivity (Wildman–Crippen MR) is 91.1 cm³/mol. The smallest absolute Gasteiger partial charge is 0.265 e. The second-order valence-corrected chi connectivity index (χ2v) is 5.40. The molecular weight excluding hydrogens is 332 g/mol. The van der Waals surface area contributed by atoms with Gasteiger partial charge >= 0.3 is 0 Å². The van der Waals surface area contributed by atoms with Crippen LogP contribution in [-0.2, 0) is 9.63 Å². The van der Waals surface area contributed by atoms with Crippen molar-refractivity contribution in [2.24, 2.45) is 5.16 Å². The normalized spacial score (nSPS) is 12.9. The molecule has 0 fully saturated rings. The van der Waals surface area contributed by atoms with Gasteiger partial charge in [0.15, 0.2) is 18.1 Å². The molecule has 1 aliphatic heterocycles. The molecule has 1 heterocycles. The number of halogens is 1. The number of fused-ring (bicyclic) bond motifs is 1. The van der Waals surface area contributed by atoms with E-state index in [1.165, 1.54) is 6.21 Å². The molecule has 0 aliphatic carbocycles. The molecule has 0 bridgehead atoms. The summed E-state index contributed by atoms with van der Waals surface area (Å²) in [7, 11) is 0. The Balaban J connectivity index is 1.48. The fraction of sp³-hybridized carbons (Fsp3) is 0.176. The molecule has 0 radical (unpaired) electrons. The number of nitrogens with one attached hydrogen (secondary N) is 1. The molecule has 1 N–H and O–H groups in total. The van der Waals surface area contributed by atoms with Crippen molar-refractivity contribution in [3.05, 3.63) is 53.1 Å². The molecule has 24 heavy (non-hydrogen) atoms. The number of hydrogen-bond acceptors (Lipinski definition) is 5. The summed E-state index contributed by atoms with van der Waals surface area (Å²) in [6, 6.07) is 12.3. The van der Waals surface area contributed by atoms with Crippen LogP contribution in [-0.4, -0.2) is 31.9 Å². The first-order valence-electron chi connectivity index (χ1n) is 7.31. The van der Waals surface area contributed by atoms with E-state index in [0.29, 0.717) is 35.4 Å². The standard InChI is InChI=1S/C17H15ClN2O4/c18-13-3-1-12(2-4-13)10-19-24-11-17(21)20-14-5-6-15-16(9-14)23-8-7-22-15/h1-6,9-10H,7-8,11H2,(H,20,21)/b19-10-. The molecule has 1 amide bonds. The van der Waals surface area contributed by atoms with Crippen molar-refractivity contribution >= 4 is 29.4 Å². The number of rotatable bonds is 5. The molecule has 7 heteroatoms. The lowest BCUT2D eigenvalue weighted by atomic mass is 10.2. The molecule has 124 valence electrons. The van der Waals surface area contributed by atoms with Gasteiger partial charge in [-0.15, -0.1) is 0 Å². The number of carbonyl (C=O) groups is 1. The van der Waals surface area contributed by atoms with Crippen LogP contribution in [0.1, 0.15) is 5.56 Å². The Morgan fingerprint density at radius 1 is 1.17 bits per heavy atom. The zero-order valence-corrected chi connectivity index (χ0v) is 13.5. The average Bonchev–Trinajstić information content (AvgIpc) is 2.60. The highest BCUT2D eigenvalue weighted by molar-refractivity contribution is 6.30. The number of nitrogens with zero attached hydrogens (tertiary/aromatic N) is 1. The van der Waals surface area contributed by atoms with Crippen molar-refractivity contribution in [1.82, 2.24) is 0 Å². The second kappa shape index (κ2) is 7.70. The third kappa shape index (κ3) is 4.39. The van der Waals surface area contributed by atoms with Crippen LogP contribution in [0.2, 0.25) is 5.02 Å². The molecule has 0 aromatic heterocycles. The Morgan fingerprint density at radius 2 is 1.92 bits per heavy atom. The summed E-state index contributed by atoms with van der Waals surface area (Å²) in [5.74, 6) is 0.962.